The molecule has 0 radical (unpaired) electrons. The van der Waals surface area contributed by atoms with Crippen LogP contribution in [0.4, 0.5) is 10.1 Å². The van der Waals surface area contributed by atoms with E-state index < -0.39 is 16.6 Å². The number of hydrazone groups is 1. The van der Waals surface area contributed by atoms with E-state index in [0.717, 1.165) is 12.3 Å². The number of halogens is 2. The molecule has 0 aliphatic carbocycles. The van der Waals surface area contributed by atoms with E-state index in [9.17, 15) is 19.3 Å². The molecule has 0 aliphatic heterocycles. The summed E-state index contributed by atoms with van der Waals surface area (Å²) in [4.78, 5) is 21.8. The van der Waals surface area contributed by atoms with Crippen molar-refractivity contribution in [2.45, 2.75) is 0 Å². The lowest BCUT2D eigenvalue weighted by molar-refractivity contribution is -0.384. The summed E-state index contributed by atoms with van der Waals surface area (Å²) < 4.78 is 14.1. The zero-order valence-electron chi connectivity index (χ0n) is 11.0. The third kappa shape index (κ3) is 3.95. The summed E-state index contributed by atoms with van der Waals surface area (Å²) >= 11 is 3.13. The maximum atomic E-state index is 13.5. The fourth-order valence-corrected chi connectivity index (χ4v) is 1.93. The van der Waals surface area contributed by atoms with Crippen molar-refractivity contribution in [3.05, 3.63) is 74.0 Å². The molecule has 0 atom stereocenters. The Morgan fingerprint density at radius 3 is 2.77 bits per heavy atom. The van der Waals surface area contributed by atoms with Gasteiger partial charge in [0.25, 0.3) is 11.6 Å². The van der Waals surface area contributed by atoms with Gasteiger partial charge in [-0.2, -0.15) is 5.10 Å². The molecule has 8 heteroatoms. The third-order valence-electron chi connectivity index (χ3n) is 2.65. The van der Waals surface area contributed by atoms with Crippen molar-refractivity contribution < 1.29 is 14.1 Å². The molecule has 0 spiro atoms. The molecule has 1 N–H and O–H groups in total. The van der Waals surface area contributed by atoms with Crippen LogP contribution in [-0.2, 0) is 0 Å². The van der Waals surface area contributed by atoms with Gasteiger partial charge in [0.15, 0.2) is 0 Å². The molecule has 0 saturated heterocycles. The molecule has 2 aromatic rings. The summed E-state index contributed by atoms with van der Waals surface area (Å²) in [7, 11) is 0. The van der Waals surface area contributed by atoms with Gasteiger partial charge in [-0.05, 0) is 24.3 Å². The number of nitro groups is 1. The molecule has 0 bridgehead atoms. The zero-order chi connectivity index (χ0) is 16.1. The van der Waals surface area contributed by atoms with Crippen LogP contribution in [0.1, 0.15) is 15.9 Å². The number of benzene rings is 2. The second-order valence-corrected chi connectivity index (χ2v) is 5.09. The first-order valence-electron chi connectivity index (χ1n) is 6.00. The number of nitrogens with one attached hydrogen (secondary N) is 1. The lowest BCUT2D eigenvalue weighted by Crippen LogP contribution is -2.17. The van der Waals surface area contributed by atoms with Gasteiger partial charge in [0, 0.05) is 27.7 Å². The fourth-order valence-electron chi connectivity index (χ4n) is 1.59. The Bertz CT molecular complexity index is 765. The van der Waals surface area contributed by atoms with Crippen LogP contribution in [0.25, 0.3) is 0 Å². The monoisotopic (exact) mass is 365 g/mol. The lowest BCUT2D eigenvalue weighted by Gasteiger charge is -2.00. The average Bonchev–Trinajstić information content (AvgIpc) is 2.49. The largest absolute Gasteiger partial charge is 0.271 e. The molecule has 0 saturated carbocycles. The van der Waals surface area contributed by atoms with E-state index in [1.54, 1.807) is 6.07 Å². The van der Waals surface area contributed by atoms with Crippen LogP contribution in [0, 0.1) is 15.9 Å². The summed E-state index contributed by atoms with van der Waals surface area (Å²) in [5.41, 5.74) is 2.27. The molecule has 2 aromatic carbocycles. The number of nitro benzene ring substituents is 1. The Morgan fingerprint density at radius 2 is 2.09 bits per heavy atom. The second kappa shape index (κ2) is 6.90. The number of amides is 1. The van der Waals surface area contributed by atoms with Crippen LogP contribution in [-0.4, -0.2) is 17.0 Å². The number of rotatable bonds is 4. The highest BCUT2D eigenvalue weighted by molar-refractivity contribution is 9.10. The van der Waals surface area contributed by atoms with E-state index in [1.165, 1.54) is 30.3 Å². The van der Waals surface area contributed by atoms with Crippen LogP contribution >= 0.6 is 15.9 Å². The minimum atomic E-state index is -0.627. The van der Waals surface area contributed by atoms with Crippen LogP contribution in [0.15, 0.2) is 52.0 Å². The average molecular weight is 366 g/mol. The Balaban J connectivity index is 2.08. The molecule has 112 valence electrons. The highest BCUT2D eigenvalue weighted by Crippen LogP contribution is 2.14. The quantitative estimate of drug-likeness (QED) is 0.512. The Hall–Kier alpha value is -2.61. The number of hydrogen-bond acceptors (Lipinski definition) is 4. The first-order valence-corrected chi connectivity index (χ1v) is 6.79. The lowest BCUT2D eigenvalue weighted by atomic mass is 10.2. The Morgan fingerprint density at radius 1 is 1.32 bits per heavy atom. The van der Waals surface area contributed by atoms with E-state index >= 15 is 0 Å². The SMILES string of the molecule is O=C(N/N=C\c1ccc(Br)cc1F)c1cccc([N+](=O)[O-])c1. The van der Waals surface area contributed by atoms with Gasteiger partial charge in [-0.25, -0.2) is 9.82 Å². The first-order chi connectivity index (χ1) is 10.5. The summed E-state index contributed by atoms with van der Waals surface area (Å²) in [5.74, 6) is -1.12. The number of nitrogens with zero attached hydrogens (tertiary/aromatic N) is 2. The van der Waals surface area contributed by atoms with Gasteiger partial charge in [-0.3, -0.25) is 14.9 Å². The topological polar surface area (TPSA) is 84.6 Å². The van der Waals surface area contributed by atoms with Crippen molar-refractivity contribution >= 4 is 33.7 Å². The van der Waals surface area contributed by atoms with E-state index in [-0.39, 0.29) is 16.8 Å². The van der Waals surface area contributed by atoms with Crippen molar-refractivity contribution in [2.24, 2.45) is 5.10 Å². The third-order valence-corrected chi connectivity index (χ3v) is 3.14. The molecule has 0 fully saturated rings. The molecular formula is C14H9BrFN3O3. The van der Waals surface area contributed by atoms with Gasteiger partial charge in [-0.15, -0.1) is 0 Å². The molecule has 0 aromatic heterocycles. The van der Waals surface area contributed by atoms with Gasteiger partial charge < -0.3 is 0 Å². The van der Waals surface area contributed by atoms with E-state index in [1.807, 2.05) is 0 Å². The second-order valence-electron chi connectivity index (χ2n) is 4.17. The number of carbonyl (C=O) groups excluding carboxylic acids is 1. The molecule has 2 rings (SSSR count). The van der Waals surface area contributed by atoms with Crippen LogP contribution in [0.5, 0.6) is 0 Å². The molecule has 6 nitrogen and oxygen atoms in total. The number of non-ortho nitro benzene ring substituents is 1. The Kier molecular flexibility index (Phi) is 4.95. The van der Waals surface area contributed by atoms with Crippen molar-refractivity contribution in [2.75, 3.05) is 0 Å². The summed E-state index contributed by atoms with van der Waals surface area (Å²) in [6, 6.07) is 9.60. The summed E-state index contributed by atoms with van der Waals surface area (Å²) in [6.45, 7) is 0. The summed E-state index contributed by atoms with van der Waals surface area (Å²) in [6.07, 6.45) is 1.15. The van der Waals surface area contributed by atoms with Crippen LogP contribution < -0.4 is 5.43 Å². The molecule has 22 heavy (non-hydrogen) atoms. The fraction of sp³-hybridized carbons (Fsp3) is 0. The van der Waals surface area contributed by atoms with Crippen LogP contribution in [0.2, 0.25) is 0 Å². The minimum Gasteiger partial charge on any atom is -0.267 e. The van der Waals surface area contributed by atoms with Crippen LogP contribution in [0.3, 0.4) is 0 Å². The zero-order valence-corrected chi connectivity index (χ0v) is 12.6. The van der Waals surface area contributed by atoms with Gasteiger partial charge in [0.1, 0.15) is 5.82 Å². The van der Waals surface area contributed by atoms with Gasteiger partial charge in [-0.1, -0.05) is 22.0 Å². The highest BCUT2D eigenvalue weighted by Gasteiger charge is 2.10. The van der Waals surface area contributed by atoms with Gasteiger partial charge >= 0.3 is 0 Å². The number of hydrogen-bond donors (Lipinski definition) is 1. The Labute approximate surface area is 132 Å². The maximum absolute atomic E-state index is 13.5. The normalized spacial score (nSPS) is 10.6. The first kappa shape index (κ1) is 15.8. The van der Waals surface area contributed by atoms with Gasteiger partial charge in [0.05, 0.1) is 11.1 Å². The molecule has 0 heterocycles. The molecule has 1 amide bonds. The maximum Gasteiger partial charge on any atom is 0.271 e. The molecular weight excluding hydrogens is 357 g/mol. The van der Waals surface area contributed by atoms with Crippen molar-refractivity contribution in [1.29, 1.82) is 0 Å². The van der Waals surface area contributed by atoms with Crippen molar-refractivity contribution in [3.63, 3.8) is 0 Å². The van der Waals surface area contributed by atoms with E-state index in [2.05, 4.69) is 26.5 Å². The predicted octanol–water partition coefficient (Wildman–Crippen LogP) is 3.26. The van der Waals surface area contributed by atoms with E-state index in [0.29, 0.717) is 4.47 Å². The smallest absolute Gasteiger partial charge is 0.267 e. The van der Waals surface area contributed by atoms with Crippen molar-refractivity contribution in [1.82, 2.24) is 5.43 Å². The van der Waals surface area contributed by atoms with E-state index in [4.69, 9.17) is 0 Å². The molecule has 0 aliphatic rings. The van der Waals surface area contributed by atoms with Crippen molar-refractivity contribution in [3.8, 4) is 0 Å². The molecule has 0 unspecified atom stereocenters. The van der Waals surface area contributed by atoms with Gasteiger partial charge in [0.2, 0.25) is 0 Å². The summed E-state index contributed by atoms with van der Waals surface area (Å²) in [5, 5.41) is 14.3. The minimum absolute atomic E-state index is 0.0858. The standard InChI is InChI=1S/C14H9BrFN3O3/c15-11-5-4-10(13(16)7-11)8-17-18-14(20)9-2-1-3-12(6-9)19(21)22/h1-8H,(H,18,20)/b17-8-. The predicted molar refractivity (Wildman–Crippen MR) is 82.3 cm³/mol. The highest BCUT2D eigenvalue weighted by atomic mass is 79.9. The number of carbonyl (C=O) groups is 1.